The van der Waals surface area contributed by atoms with Crippen LogP contribution in [0.3, 0.4) is 0 Å². The predicted molar refractivity (Wildman–Crippen MR) is 74.6 cm³/mol. The average molecular weight is 284 g/mol. The summed E-state index contributed by atoms with van der Waals surface area (Å²) < 4.78 is 1.21. The van der Waals surface area contributed by atoms with Gasteiger partial charge in [-0.1, -0.05) is 61.3 Å². The monoisotopic (exact) mass is 283 g/mol. The molecule has 0 fully saturated rings. The molecule has 0 saturated heterocycles. The van der Waals surface area contributed by atoms with Gasteiger partial charge in [0.2, 0.25) is 0 Å². The van der Waals surface area contributed by atoms with Gasteiger partial charge in [-0.15, -0.1) is 0 Å². The summed E-state index contributed by atoms with van der Waals surface area (Å²) in [5.41, 5.74) is 1.38. The molecular formula is C14H22BrN. The molecule has 1 rings (SSSR count). The third kappa shape index (κ3) is 3.60. The lowest BCUT2D eigenvalue weighted by Gasteiger charge is -2.25. The zero-order valence-electron chi connectivity index (χ0n) is 10.5. The van der Waals surface area contributed by atoms with Gasteiger partial charge in [0, 0.05) is 10.5 Å². The molecule has 1 N–H and O–H groups in total. The van der Waals surface area contributed by atoms with Crippen LogP contribution in [0, 0.1) is 5.92 Å². The Morgan fingerprint density at radius 3 is 2.50 bits per heavy atom. The first kappa shape index (κ1) is 13.7. The van der Waals surface area contributed by atoms with Crippen molar-refractivity contribution in [2.45, 2.75) is 39.7 Å². The van der Waals surface area contributed by atoms with Crippen LogP contribution in [0.15, 0.2) is 28.7 Å². The molecule has 2 atom stereocenters. The highest BCUT2D eigenvalue weighted by Crippen LogP contribution is 2.29. The molecule has 0 aliphatic carbocycles. The second-order valence-corrected chi connectivity index (χ2v) is 5.19. The zero-order valence-corrected chi connectivity index (χ0v) is 12.0. The Hall–Kier alpha value is -0.340. The van der Waals surface area contributed by atoms with E-state index >= 15 is 0 Å². The highest BCUT2D eigenvalue weighted by atomic mass is 79.9. The van der Waals surface area contributed by atoms with Crippen molar-refractivity contribution in [2.24, 2.45) is 5.92 Å². The van der Waals surface area contributed by atoms with Crippen LogP contribution in [-0.2, 0) is 0 Å². The summed E-state index contributed by atoms with van der Waals surface area (Å²) in [6.45, 7) is 7.85. The van der Waals surface area contributed by atoms with E-state index in [0.29, 0.717) is 12.0 Å². The Bertz CT molecular complexity index is 311. The van der Waals surface area contributed by atoms with Crippen LogP contribution in [0.25, 0.3) is 0 Å². The van der Waals surface area contributed by atoms with Crippen molar-refractivity contribution >= 4 is 15.9 Å². The third-order valence-electron chi connectivity index (χ3n) is 3.07. The smallest absolute Gasteiger partial charge is 0.0357 e. The van der Waals surface area contributed by atoms with E-state index in [1.807, 2.05) is 0 Å². The van der Waals surface area contributed by atoms with Crippen LogP contribution in [0.5, 0.6) is 0 Å². The average Bonchev–Trinajstić information content (AvgIpc) is 2.31. The predicted octanol–water partition coefficient (Wildman–Crippen LogP) is 4.54. The molecule has 1 aromatic carbocycles. The first-order valence-electron chi connectivity index (χ1n) is 6.18. The molecule has 0 aliphatic rings. The Labute approximate surface area is 108 Å². The van der Waals surface area contributed by atoms with E-state index in [-0.39, 0.29) is 0 Å². The summed E-state index contributed by atoms with van der Waals surface area (Å²) in [5, 5.41) is 3.65. The summed E-state index contributed by atoms with van der Waals surface area (Å²) in [4.78, 5) is 0. The fourth-order valence-electron chi connectivity index (χ4n) is 1.88. The molecule has 0 spiro atoms. The van der Waals surface area contributed by atoms with Crippen molar-refractivity contribution in [2.75, 3.05) is 6.54 Å². The SMILES string of the molecule is CCCNC(c1ccccc1Br)C(C)CC. The Balaban J connectivity index is 2.87. The summed E-state index contributed by atoms with van der Waals surface area (Å²) >= 11 is 3.65. The Kier molecular flexibility index (Phi) is 6.07. The van der Waals surface area contributed by atoms with Crippen LogP contribution in [0.1, 0.15) is 45.2 Å². The molecule has 2 unspecified atom stereocenters. The number of halogens is 1. The van der Waals surface area contributed by atoms with Gasteiger partial charge in [0.05, 0.1) is 0 Å². The van der Waals surface area contributed by atoms with Crippen molar-refractivity contribution in [3.63, 3.8) is 0 Å². The fraction of sp³-hybridized carbons (Fsp3) is 0.571. The maximum atomic E-state index is 3.65. The van der Waals surface area contributed by atoms with Crippen LogP contribution in [-0.4, -0.2) is 6.54 Å². The molecule has 1 aromatic rings. The molecule has 0 heterocycles. The van der Waals surface area contributed by atoms with Crippen LogP contribution >= 0.6 is 15.9 Å². The van der Waals surface area contributed by atoms with Gasteiger partial charge in [-0.3, -0.25) is 0 Å². The standard InChI is InChI=1S/C14H22BrN/c1-4-10-16-14(11(3)5-2)12-8-6-7-9-13(12)15/h6-9,11,14,16H,4-5,10H2,1-3H3. The van der Waals surface area contributed by atoms with Crippen LogP contribution in [0.4, 0.5) is 0 Å². The molecule has 0 aromatic heterocycles. The second-order valence-electron chi connectivity index (χ2n) is 4.34. The molecule has 0 bridgehead atoms. The first-order chi connectivity index (χ1) is 7.70. The van der Waals surface area contributed by atoms with Crippen molar-refractivity contribution in [1.29, 1.82) is 0 Å². The molecule has 16 heavy (non-hydrogen) atoms. The van der Waals surface area contributed by atoms with E-state index in [4.69, 9.17) is 0 Å². The molecular weight excluding hydrogens is 262 g/mol. The van der Waals surface area contributed by atoms with Gasteiger partial charge in [-0.2, -0.15) is 0 Å². The van der Waals surface area contributed by atoms with E-state index in [1.54, 1.807) is 0 Å². The van der Waals surface area contributed by atoms with Crippen molar-refractivity contribution in [3.8, 4) is 0 Å². The zero-order chi connectivity index (χ0) is 12.0. The van der Waals surface area contributed by atoms with Crippen LogP contribution in [0.2, 0.25) is 0 Å². The highest BCUT2D eigenvalue weighted by molar-refractivity contribution is 9.10. The maximum absolute atomic E-state index is 3.65. The Morgan fingerprint density at radius 1 is 1.25 bits per heavy atom. The van der Waals surface area contributed by atoms with Gasteiger partial charge in [-0.05, 0) is 30.5 Å². The van der Waals surface area contributed by atoms with E-state index in [1.165, 1.54) is 22.9 Å². The second kappa shape index (κ2) is 7.08. The van der Waals surface area contributed by atoms with E-state index in [0.717, 1.165) is 6.54 Å². The van der Waals surface area contributed by atoms with Crippen molar-refractivity contribution in [1.82, 2.24) is 5.32 Å². The number of rotatable bonds is 6. The summed E-state index contributed by atoms with van der Waals surface area (Å²) in [5.74, 6) is 0.658. The lowest BCUT2D eigenvalue weighted by Crippen LogP contribution is -2.27. The largest absolute Gasteiger partial charge is 0.310 e. The summed E-state index contributed by atoms with van der Waals surface area (Å²) in [6.07, 6.45) is 2.38. The number of hydrogen-bond donors (Lipinski definition) is 1. The number of benzene rings is 1. The minimum Gasteiger partial charge on any atom is -0.310 e. The van der Waals surface area contributed by atoms with Gasteiger partial charge < -0.3 is 5.32 Å². The maximum Gasteiger partial charge on any atom is 0.0357 e. The minimum atomic E-state index is 0.459. The molecule has 1 nitrogen and oxygen atoms in total. The number of nitrogens with one attached hydrogen (secondary N) is 1. The molecule has 0 radical (unpaired) electrons. The van der Waals surface area contributed by atoms with Gasteiger partial charge in [0.25, 0.3) is 0 Å². The van der Waals surface area contributed by atoms with Crippen molar-refractivity contribution < 1.29 is 0 Å². The normalized spacial score (nSPS) is 14.8. The number of hydrogen-bond acceptors (Lipinski definition) is 1. The minimum absolute atomic E-state index is 0.459. The van der Waals surface area contributed by atoms with Crippen molar-refractivity contribution in [3.05, 3.63) is 34.3 Å². The third-order valence-corrected chi connectivity index (χ3v) is 3.79. The van der Waals surface area contributed by atoms with Gasteiger partial charge in [0.15, 0.2) is 0 Å². The quantitative estimate of drug-likeness (QED) is 0.809. The lowest BCUT2D eigenvalue weighted by molar-refractivity contribution is 0.376. The molecule has 0 saturated carbocycles. The fourth-order valence-corrected chi connectivity index (χ4v) is 2.41. The van der Waals surface area contributed by atoms with Gasteiger partial charge in [0.1, 0.15) is 0 Å². The molecule has 0 amide bonds. The summed E-state index contributed by atoms with van der Waals surface area (Å²) in [7, 11) is 0. The molecule has 0 aliphatic heterocycles. The Morgan fingerprint density at radius 2 is 1.94 bits per heavy atom. The van der Waals surface area contributed by atoms with E-state index in [9.17, 15) is 0 Å². The summed E-state index contributed by atoms with van der Waals surface area (Å²) in [6, 6.07) is 8.98. The first-order valence-corrected chi connectivity index (χ1v) is 6.97. The van der Waals surface area contributed by atoms with E-state index < -0.39 is 0 Å². The van der Waals surface area contributed by atoms with E-state index in [2.05, 4.69) is 66.3 Å². The van der Waals surface area contributed by atoms with Crippen LogP contribution < -0.4 is 5.32 Å². The molecule has 2 heteroatoms. The topological polar surface area (TPSA) is 12.0 Å². The van der Waals surface area contributed by atoms with Gasteiger partial charge >= 0.3 is 0 Å². The lowest BCUT2D eigenvalue weighted by atomic mass is 9.92. The molecule has 90 valence electrons. The van der Waals surface area contributed by atoms with Gasteiger partial charge in [-0.25, -0.2) is 0 Å². The highest BCUT2D eigenvalue weighted by Gasteiger charge is 2.18.